The van der Waals surface area contributed by atoms with Crippen LogP contribution in [0.3, 0.4) is 0 Å². The normalized spacial score (nSPS) is 20.0. The van der Waals surface area contributed by atoms with E-state index in [0.29, 0.717) is 25.9 Å². The minimum absolute atomic E-state index is 0.0568. The van der Waals surface area contributed by atoms with Gasteiger partial charge in [-0.2, -0.15) is 0 Å². The maximum Gasteiger partial charge on any atom is 0.134 e. The fraction of sp³-hybridized carbons (Fsp3) is 0.517. The van der Waals surface area contributed by atoms with Crippen molar-refractivity contribution in [1.82, 2.24) is 4.90 Å². The Balaban J connectivity index is 1.61. The summed E-state index contributed by atoms with van der Waals surface area (Å²) in [5.41, 5.74) is 2.75. The van der Waals surface area contributed by atoms with Crippen molar-refractivity contribution < 1.29 is 27.8 Å². The lowest BCUT2D eigenvalue weighted by molar-refractivity contribution is 0.0675. The molecule has 1 aliphatic carbocycles. The number of alkyl halides is 1. The lowest BCUT2D eigenvalue weighted by Gasteiger charge is -2.44. The number of hydrogen-bond acceptors (Lipinski definition) is 4. The summed E-state index contributed by atoms with van der Waals surface area (Å²) in [6.45, 7) is 6.11. The van der Waals surface area contributed by atoms with Crippen molar-refractivity contribution in [2.24, 2.45) is 0 Å². The molecule has 0 bridgehead atoms. The van der Waals surface area contributed by atoms with Gasteiger partial charge in [0.05, 0.1) is 12.6 Å². The molecule has 0 amide bonds. The molecule has 1 heterocycles. The van der Waals surface area contributed by atoms with E-state index >= 15 is 8.78 Å². The van der Waals surface area contributed by atoms with Gasteiger partial charge in [-0.05, 0) is 68.7 Å². The fourth-order valence-electron chi connectivity index (χ4n) is 5.39. The molecule has 1 N–H and O–H groups in total. The van der Waals surface area contributed by atoms with Gasteiger partial charge in [0, 0.05) is 43.5 Å². The molecule has 1 aliphatic heterocycles. The molecule has 2 atom stereocenters. The molecule has 4 nitrogen and oxygen atoms in total. The summed E-state index contributed by atoms with van der Waals surface area (Å²) in [7, 11) is 0. The molecule has 2 aromatic carbocycles. The minimum Gasteiger partial charge on any atom is -0.491 e. The molecule has 0 saturated carbocycles. The van der Waals surface area contributed by atoms with Crippen molar-refractivity contribution >= 4 is 5.57 Å². The predicted molar refractivity (Wildman–Crippen MR) is 135 cm³/mol. The van der Waals surface area contributed by atoms with E-state index in [2.05, 4.69) is 6.07 Å². The van der Waals surface area contributed by atoms with Gasteiger partial charge >= 0.3 is 0 Å². The van der Waals surface area contributed by atoms with E-state index in [-0.39, 0.29) is 43.7 Å². The predicted octanol–water partition coefficient (Wildman–Crippen LogP) is 6.03. The first-order valence-corrected chi connectivity index (χ1v) is 12.7. The Bertz CT molecular complexity index is 1070. The van der Waals surface area contributed by atoms with Gasteiger partial charge in [0.15, 0.2) is 0 Å². The van der Waals surface area contributed by atoms with Gasteiger partial charge in [-0.1, -0.05) is 24.3 Å². The van der Waals surface area contributed by atoms with Gasteiger partial charge in [-0.25, -0.2) is 13.2 Å². The zero-order valence-electron chi connectivity index (χ0n) is 21.3. The van der Waals surface area contributed by atoms with Crippen LogP contribution in [0.15, 0.2) is 42.0 Å². The smallest absolute Gasteiger partial charge is 0.134 e. The van der Waals surface area contributed by atoms with E-state index in [4.69, 9.17) is 14.6 Å². The molecule has 196 valence electrons. The summed E-state index contributed by atoms with van der Waals surface area (Å²) in [6.07, 6.45) is 2.71. The van der Waals surface area contributed by atoms with Crippen molar-refractivity contribution in [1.29, 1.82) is 0 Å². The van der Waals surface area contributed by atoms with Crippen molar-refractivity contribution in [3.8, 4) is 5.75 Å². The second-order valence-electron chi connectivity index (χ2n) is 10.4. The molecular weight excluding hydrogens is 467 g/mol. The van der Waals surface area contributed by atoms with Crippen LogP contribution in [-0.2, 0) is 11.2 Å². The summed E-state index contributed by atoms with van der Waals surface area (Å²) < 4.78 is 57.1. The molecule has 0 aromatic heterocycles. The monoisotopic (exact) mass is 503 g/mol. The van der Waals surface area contributed by atoms with Crippen LogP contribution >= 0.6 is 0 Å². The average molecular weight is 504 g/mol. The second kappa shape index (κ2) is 11.4. The fourth-order valence-corrected chi connectivity index (χ4v) is 5.39. The number of unbranched alkanes of at least 4 members (excludes halogenated alkanes) is 1. The number of fused-ring (bicyclic) bond motifs is 2. The first kappa shape index (κ1) is 26.7. The van der Waals surface area contributed by atoms with Crippen LogP contribution in [0.2, 0.25) is 0 Å². The van der Waals surface area contributed by atoms with Crippen molar-refractivity contribution in [3.63, 3.8) is 0 Å². The molecule has 7 heteroatoms. The Morgan fingerprint density at radius 2 is 1.78 bits per heavy atom. The second-order valence-corrected chi connectivity index (χ2v) is 10.4. The Hall–Kier alpha value is -2.35. The standard InChI is InChI=1S/C29H36F3NO3/c1-19-14-23-22-9-5-4-8-20(22)15-24(23)28(33(19)18-29(2,3)32)27-25(30)16-21(17-26(27)31)36-13-12-35-11-7-6-10-34/h4-5,8-9,16-17,19,28,34H,6-7,10-15,18H2,1-3H3/t19-,28+/m1/s1. The van der Waals surface area contributed by atoms with E-state index in [1.54, 1.807) is 0 Å². The summed E-state index contributed by atoms with van der Waals surface area (Å²) in [5.74, 6) is -1.30. The van der Waals surface area contributed by atoms with Gasteiger partial charge in [-0.3, -0.25) is 4.90 Å². The number of hydrogen-bond donors (Lipinski definition) is 1. The molecule has 0 unspecified atom stereocenters. The molecular formula is C29H36F3NO3. The lowest BCUT2D eigenvalue weighted by Crippen LogP contribution is -2.47. The van der Waals surface area contributed by atoms with Crippen molar-refractivity contribution in [2.75, 3.05) is 33.0 Å². The van der Waals surface area contributed by atoms with Crippen LogP contribution < -0.4 is 4.74 Å². The van der Waals surface area contributed by atoms with Gasteiger partial charge in [0.1, 0.15) is 29.7 Å². The van der Waals surface area contributed by atoms with Crippen LogP contribution in [0.1, 0.15) is 62.8 Å². The number of aliphatic hydroxyl groups excluding tert-OH is 1. The Morgan fingerprint density at radius 3 is 2.47 bits per heavy atom. The van der Waals surface area contributed by atoms with E-state index in [0.717, 1.165) is 28.7 Å². The third kappa shape index (κ3) is 5.96. The van der Waals surface area contributed by atoms with Gasteiger partial charge in [0.2, 0.25) is 0 Å². The van der Waals surface area contributed by atoms with Crippen molar-refractivity contribution in [3.05, 3.63) is 70.3 Å². The molecule has 0 spiro atoms. The minimum atomic E-state index is -1.52. The van der Waals surface area contributed by atoms with Crippen LogP contribution in [0.25, 0.3) is 5.57 Å². The SMILES string of the molecule is C[C@@H]1CC2=C(Cc3ccccc32)[C@@H](c2c(F)cc(OCCOCCCCO)cc2F)N1CC(C)(C)F. The van der Waals surface area contributed by atoms with Crippen LogP contribution in [-0.4, -0.2) is 54.7 Å². The Kier molecular flexibility index (Phi) is 8.43. The number of ether oxygens (including phenoxy) is 2. The molecule has 4 rings (SSSR count). The van der Waals surface area contributed by atoms with Crippen LogP contribution in [0.4, 0.5) is 13.2 Å². The van der Waals surface area contributed by atoms with Crippen molar-refractivity contribution in [2.45, 2.75) is 64.2 Å². The number of halogens is 3. The van der Waals surface area contributed by atoms with E-state index in [9.17, 15) is 4.39 Å². The zero-order chi connectivity index (χ0) is 25.9. The van der Waals surface area contributed by atoms with E-state index < -0.39 is 23.3 Å². The number of benzene rings is 2. The zero-order valence-corrected chi connectivity index (χ0v) is 21.3. The number of rotatable bonds is 11. The highest BCUT2D eigenvalue weighted by Gasteiger charge is 2.42. The van der Waals surface area contributed by atoms with E-state index in [1.807, 2.05) is 30.0 Å². The highest BCUT2D eigenvalue weighted by molar-refractivity contribution is 5.79. The molecule has 0 fully saturated rings. The quantitative estimate of drug-likeness (QED) is 0.381. The maximum atomic E-state index is 15.6. The Labute approximate surface area is 211 Å². The van der Waals surface area contributed by atoms with Gasteiger partial charge < -0.3 is 14.6 Å². The number of nitrogens with zero attached hydrogens (tertiary/aromatic N) is 1. The van der Waals surface area contributed by atoms with Crippen LogP contribution in [0, 0.1) is 11.6 Å². The molecule has 2 aromatic rings. The summed E-state index contributed by atoms with van der Waals surface area (Å²) in [6, 6.07) is 9.70. The number of aliphatic hydroxyl groups is 1. The topological polar surface area (TPSA) is 41.9 Å². The van der Waals surface area contributed by atoms with Gasteiger partial charge in [-0.15, -0.1) is 0 Å². The van der Waals surface area contributed by atoms with Gasteiger partial charge in [0.25, 0.3) is 0 Å². The third-order valence-electron chi connectivity index (χ3n) is 6.92. The summed E-state index contributed by atoms with van der Waals surface area (Å²) in [4.78, 5) is 1.91. The summed E-state index contributed by atoms with van der Waals surface area (Å²) >= 11 is 0. The first-order chi connectivity index (χ1) is 17.2. The van der Waals surface area contributed by atoms with Crippen LogP contribution in [0.5, 0.6) is 5.75 Å². The third-order valence-corrected chi connectivity index (χ3v) is 6.92. The molecule has 36 heavy (non-hydrogen) atoms. The summed E-state index contributed by atoms with van der Waals surface area (Å²) in [5, 5.41) is 8.79. The first-order valence-electron chi connectivity index (χ1n) is 12.7. The Morgan fingerprint density at radius 1 is 1.06 bits per heavy atom. The molecule has 0 radical (unpaired) electrons. The van der Waals surface area contributed by atoms with E-state index in [1.165, 1.54) is 26.0 Å². The molecule has 0 saturated heterocycles. The lowest BCUT2D eigenvalue weighted by atomic mass is 9.84. The molecule has 2 aliphatic rings. The highest BCUT2D eigenvalue weighted by atomic mass is 19.1. The highest BCUT2D eigenvalue weighted by Crippen LogP contribution is 2.50. The average Bonchev–Trinajstić information content (AvgIpc) is 3.17. The largest absolute Gasteiger partial charge is 0.491 e. The maximum absolute atomic E-state index is 15.6.